The lowest BCUT2D eigenvalue weighted by Gasteiger charge is -2.15. The molecule has 0 N–H and O–H groups in total. The van der Waals surface area contributed by atoms with E-state index < -0.39 is 11.7 Å². The Morgan fingerprint density at radius 2 is 1.89 bits per heavy atom. The van der Waals surface area contributed by atoms with Gasteiger partial charge in [0.1, 0.15) is 0 Å². The Morgan fingerprint density at radius 3 is 2.63 bits per heavy atom. The Kier molecular flexibility index (Phi) is 4.08. The van der Waals surface area contributed by atoms with Gasteiger partial charge in [0, 0.05) is 5.69 Å². The van der Waals surface area contributed by atoms with E-state index >= 15 is 0 Å². The van der Waals surface area contributed by atoms with Crippen LogP contribution < -0.4 is 10.6 Å². The van der Waals surface area contributed by atoms with Crippen LogP contribution in [0.25, 0.3) is 0 Å². The lowest BCUT2D eigenvalue weighted by Crippen LogP contribution is -2.34. The molecule has 1 aromatic heterocycles. The van der Waals surface area contributed by atoms with Crippen LogP contribution in [0.1, 0.15) is 21.7 Å². The Hall–Kier alpha value is -3.68. The number of hydrogen-bond acceptors (Lipinski definition) is 5. The Labute approximate surface area is 154 Å². The largest absolute Gasteiger partial charge is 0.465 e. The molecule has 136 valence electrons. The molecule has 4 rings (SSSR count). The second kappa shape index (κ2) is 6.56. The summed E-state index contributed by atoms with van der Waals surface area (Å²) in [5.41, 5.74) is 1.30. The summed E-state index contributed by atoms with van der Waals surface area (Å²) in [4.78, 5) is 42.4. The van der Waals surface area contributed by atoms with Crippen molar-refractivity contribution in [3.8, 4) is 0 Å². The molecule has 8 heteroatoms. The van der Waals surface area contributed by atoms with E-state index in [4.69, 9.17) is 4.74 Å². The van der Waals surface area contributed by atoms with Crippen molar-refractivity contribution in [2.24, 2.45) is 0 Å². The number of carbonyl (C=O) groups is 2. The Balaban J connectivity index is 1.67. The van der Waals surface area contributed by atoms with Crippen LogP contribution in [0.4, 0.5) is 10.5 Å². The molecule has 27 heavy (non-hydrogen) atoms. The highest BCUT2D eigenvalue weighted by molar-refractivity contribution is 5.95. The van der Waals surface area contributed by atoms with Gasteiger partial charge < -0.3 is 4.74 Å². The van der Waals surface area contributed by atoms with Crippen LogP contribution in [0.15, 0.2) is 59.4 Å². The number of hydrogen-bond donors (Lipinski definition) is 0. The van der Waals surface area contributed by atoms with Crippen molar-refractivity contribution < 1.29 is 14.3 Å². The number of anilines is 1. The minimum absolute atomic E-state index is 0.116. The first-order valence-corrected chi connectivity index (χ1v) is 8.31. The van der Waals surface area contributed by atoms with Gasteiger partial charge in [-0.05, 0) is 29.8 Å². The van der Waals surface area contributed by atoms with Gasteiger partial charge in [0.2, 0.25) is 0 Å². The molecule has 8 nitrogen and oxygen atoms in total. The summed E-state index contributed by atoms with van der Waals surface area (Å²) in [6.45, 7) is 0.346. The van der Waals surface area contributed by atoms with E-state index in [2.05, 4.69) is 4.98 Å². The van der Waals surface area contributed by atoms with Crippen molar-refractivity contribution in [3.05, 3.63) is 82.0 Å². The number of benzene rings is 2. The number of methoxy groups -OCH3 is 1. The Bertz CT molecular complexity index is 1080. The molecule has 0 fully saturated rings. The number of nitrogens with zero attached hydrogens (tertiary/aromatic N) is 4. The van der Waals surface area contributed by atoms with Gasteiger partial charge >= 0.3 is 17.7 Å². The van der Waals surface area contributed by atoms with E-state index in [1.54, 1.807) is 29.2 Å². The topological polar surface area (TPSA) is 86.4 Å². The molecule has 1 aliphatic heterocycles. The molecule has 0 bridgehead atoms. The van der Waals surface area contributed by atoms with Crippen LogP contribution in [-0.2, 0) is 17.8 Å². The molecular weight excluding hydrogens is 348 g/mol. The maximum Gasteiger partial charge on any atom is 0.364 e. The highest BCUT2D eigenvalue weighted by atomic mass is 16.5. The summed E-state index contributed by atoms with van der Waals surface area (Å²) in [5, 5.41) is 0. The van der Waals surface area contributed by atoms with Crippen molar-refractivity contribution in [2.45, 2.75) is 13.1 Å². The fourth-order valence-electron chi connectivity index (χ4n) is 3.12. The number of esters is 1. The van der Waals surface area contributed by atoms with E-state index in [1.165, 1.54) is 16.5 Å². The molecule has 0 saturated heterocycles. The summed E-state index contributed by atoms with van der Waals surface area (Å²) in [6.07, 6.45) is 0. The average Bonchev–Trinajstić information content (AvgIpc) is 3.18. The third-order valence-corrected chi connectivity index (χ3v) is 4.39. The lowest BCUT2D eigenvalue weighted by molar-refractivity contribution is 0.0600. The van der Waals surface area contributed by atoms with Crippen molar-refractivity contribution in [1.29, 1.82) is 0 Å². The molecule has 0 aliphatic carbocycles. The van der Waals surface area contributed by atoms with Crippen LogP contribution in [0, 0.1) is 0 Å². The SMILES string of the molecule is COC(=O)c1cccc(Cn2c(=O)nc3n2C(=O)N(c2ccccc2)C3)c1. The number of carbonyl (C=O) groups excluding carboxylic acids is 2. The number of aromatic nitrogens is 3. The van der Waals surface area contributed by atoms with Gasteiger partial charge in [-0.2, -0.15) is 9.67 Å². The summed E-state index contributed by atoms with van der Waals surface area (Å²) in [5.74, 6) is -0.0768. The van der Waals surface area contributed by atoms with Crippen LogP contribution in [0.5, 0.6) is 0 Å². The highest BCUT2D eigenvalue weighted by Crippen LogP contribution is 2.22. The van der Waals surface area contributed by atoms with Gasteiger partial charge in [0.25, 0.3) is 0 Å². The number of ether oxygens (including phenoxy) is 1. The maximum absolute atomic E-state index is 12.9. The fourth-order valence-corrected chi connectivity index (χ4v) is 3.12. The van der Waals surface area contributed by atoms with Crippen LogP contribution in [0.3, 0.4) is 0 Å². The molecule has 1 aliphatic rings. The van der Waals surface area contributed by atoms with E-state index in [1.807, 2.05) is 30.3 Å². The molecule has 0 spiro atoms. The third-order valence-electron chi connectivity index (χ3n) is 4.39. The zero-order chi connectivity index (χ0) is 19.0. The Morgan fingerprint density at radius 1 is 1.11 bits per heavy atom. The minimum Gasteiger partial charge on any atom is -0.465 e. The normalized spacial score (nSPS) is 12.9. The first kappa shape index (κ1) is 16.8. The van der Waals surface area contributed by atoms with Gasteiger partial charge in [-0.1, -0.05) is 30.3 Å². The van der Waals surface area contributed by atoms with Crippen molar-refractivity contribution in [2.75, 3.05) is 12.0 Å². The quantitative estimate of drug-likeness (QED) is 0.660. The molecule has 0 radical (unpaired) electrons. The molecule has 2 heterocycles. The predicted molar refractivity (Wildman–Crippen MR) is 96.8 cm³/mol. The first-order chi connectivity index (χ1) is 13.1. The molecular formula is C19H16N4O4. The van der Waals surface area contributed by atoms with Crippen molar-refractivity contribution >= 4 is 17.7 Å². The summed E-state index contributed by atoms with van der Waals surface area (Å²) in [6, 6.07) is 15.6. The molecule has 1 amide bonds. The highest BCUT2D eigenvalue weighted by Gasteiger charge is 2.33. The third kappa shape index (κ3) is 2.91. The first-order valence-electron chi connectivity index (χ1n) is 8.31. The summed E-state index contributed by atoms with van der Waals surface area (Å²) >= 11 is 0. The van der Waals surface area contributed by atoms with Crippen LogP contribution in [-0.4, -0.2) is 33.5 Å². The fraction of sp³-hybridized carbons (Fsp3) is 0.158. The zero-order valence-electron chi connectivity index (χ0n) is 14.5. The number of para-hydroxylation sites is 1. The smallest absolute Gasteiger partial charge is 0.364 e. The second-order valence-electron chi connectivity index (χ2n) is 6.08. The van der Waals surface area contributed by atoms with E-state index in [0.717, 1.165) is 5.69 Å². The monoisotopic (exact) mass is 364 g/mol. The summed E-state index contributed by atoms with van der Waals surface area (Å²) in [7, 11) is 1.31. The van der Waals surface area contributed by atoms with Crippen molar-refractivity contribution in [3.63, 3.8) is 0 Å². The van der Waals surface area contributed by atoms with Crippen molar-refractivity contribution in [1.82, 2.24) is 14.3 Å². The minimum atomic E-state index is -0.505. The molecule has 0 saturated carbocycles. The number of fused-ring (bicyclic) bond motifs is 1. The average molecular weight is 364 g/mol. The van der Waals surface area contributed by atoms with Gasteiger partial charge in [-0.3, -0.25) is 4.90 Å². The van der Waals surface area contributed by atoms with Gasteiger partial charge in [-0.15, -0.1) is 0 Å². The van der Waals surface area contributed by atoms with Crippen LogP contribution in [0.2, 0.25) is 0 Å². The van der Waals surface area contributed by atoms with Crippen LogP contribution >= 0.6 is 0 Å². The van der Waals surface area contributed by atoms with E-state index in [0.29, 0.717) is 17.0 Å². The standard InChI is InChI=1S/C19H16N4O4/c1-27-17(24)14-7-5-6-13(10-14)11-22-18(25)20-16-12-21(19(26)23(16)22)15-8-3-2-4-9-15/h2-10H,11-12H2,1H3. The lowest BCUT2D eigenvalue weighted by atomic mass is 10.1. The van der Waals surface area contributed by atoms with Gasteiger partial charge in [0.05, 0.1) is 25.8 Å². The molecule has 3 aromatic rings. The molecule has 2 aromatic carbocycles. The molecule has 0 unspecified atom stereocenters. The maximum atomic E-state index is 12.9. The van der Waals surface area contributed by atoms with E-state index in [-0.39, 0.29) is 19.1 Å². The zero-order valence-corrected chi connectivity index (χ0v) is 14.5. The number of amides is 1. The summed E-state index contributed by atoms with van der Waals surface area (Å²) < 4.78 is 7.29. The predicted octanol–water partition coefficient (Wildman–Crippen LogP) is 1.87. The van der Waals surface area contributed by atoms with Gasteiger partial charge in [0.15, 0.2) is 5.82 Å². The second-order valence-corrected chi connectivity index (χ2v) is 6.08. The number of rotatable bonds is 4. The van der Waals surface area contributed by atoms with Gasteiger partial charge in [-0.25, -0.2) is 19.1 Å². The van der Waals surface area contributed by atoms with E-state index in [9.17, 15) is 14.4 Å². The molecule has 0 atom stereocenters.